The zero-order chi connectivity index (χ0) is 20.7. The quantitative estimate of drug-likeness (QED) is 0.383. The molecule has 0 radical (unpaired) electrons. The van der Waals surface area contributed by atoms with E-state index in [-0.39, 0.29) is 11.6 Å². The van der Waals surface area contributed by atoms with Gasteiger partial charge in [-0.1, -0.05) is 6.92 Å². The van der Waals surface area contributed by atoms with Crippen LogP contribution in [0.25, 0.3) is 10.2 Å². The zero-order valence-electron chi connectivity index (χ0n) is 16.4. The first-order valence-corrected chi connectivity index (χ1v) is 10.7. The monoisotopic (exact) mass is 418 g/mol. The van der Waals surface area contributed by atoms with Crippen LogP contribution in [0.5, 0.6) is 11.6 Å². The van der Waals surface area contributed by atoms with Crippen molar-refractivity contribution in [2.75, 3.05) is 0 Å². The van der Waals surface area contributed by atoms with Crippen molar-refractivity contribution in [2.45, 2.75) is 26.2 Å². The highest BCUT2D eigenvalue weighted by Crippen LogP contribution is 2.41. The summed E-state index contributed by atoms with van der Waals surface area (Å²) in [5.74, 6) is 1.33. The average Bonchev–Trinajstić information content (AvgIpc) is 3.13. The number of nitrogens with zero attached hydrogens (tertiary/aromatic N) is 2. The summed E-state index contributed by atoms with van der Waals surface area (Å²) in [5, 5.41) is 1.01. The second-order valence-corrected chi connectivity index (χ2v) is 8.76. The number of aromatic nitrogens is 2. The predicted octanol–water partition coefficient (Wildman–Crippen LogP) is 5.98. The fraction of sp³-hybridized carbons (Fsp3) is 0.208. The standard InChI is InChI=1S/C24H19FN2O2S/c1-14-2-11-19-20(12-14)30-24-21(19)23(26-13-27-24)29-18-9-5-16(6-10-18)22(28)15-3-7-17(25)8-4-15/h3-10,13-14H,2,11-12H2,1H3. The number of thiophene rings is 1. The third-order valence-electron chi connectivity index (χ3n) is 5.49. The Kier molecular flexibility index (Phi) is 4.79. The number of halogens is 1. The lowest BCUT2D eigenvalue weighted by atomic mass is 9.89. The van der Waals surface area contributed by atoms with E-state index in [0.29, 0.717) is 28.7 Å². The number of ether oxygens (including phenoxy) is 1. The molecule has 0 N–H and O–H groups in total. The first-order valence-electron chi connectivity index (χ1n) is 9.92. The van der Waals surface area contributed by atoms with Crippen LogP contribution in [0, 0.1) is 11.7 Å². The molecule has 150 valence electrons. The molecule has 2 aromatic carbocycles. The van der Waals surface area contributed by atoms with E-state index in [1.165, 1.54) is 41.0 Å². The van der Waals surface area contributed by atoms with Crippen LogP contribution in [0.15, 0.2) is 54.9 Å². The minimum Gasteiger partial charge on any atom is -0.438 e. The van der Waals surface area contributed by atoms with Gasteiger partial charge in [-0.3, -0.25) is 4.79 Å². The summed E-state index contributed by atoms with van der Waals surface area (Å²) >= 11 is 1.73. The maximum absolute atomic E-state index is 13.1. The van der Waals surface area contributed by atoms with Gasteiger partial charge in [0.15, 0.2) is 5.78 Å². The number of aryl methyl sites for hydroxylation is 1. The Morgan fingerprint density at radius 3 is 2.50 bits per heavy atom. The van der Waals surface area contributed by atoms with Crippen LogP contribution in [0.3, 0.4) is 0 Å². The van der Waals surface area contributed by atoms with Crippen LogP contribution in [-0.4, -0.2) is 15.8 Å². The molecule has 1 unspecified atom stereocenters. The molecule has 6 heteroatoms. The lowest BCUT2D eigenvalue weighted by Crippen LogP contribution is -2.08. The van der Waals surface area contributed by atoms with Gasteiger partial charge >= 0.3 is 0 Å². The molecule has 0 aliphatic heterocycles. The number of hydrogen-bond donors (Lipinski definition) is 0. The molecule has 0 saturated carbocycles. The van der Waals surface area contributed by atoms with Gasteiger partial charge in [-0.25, -0.2) is 14.4 Å². The maximum Gasteiger partial charge on any atom is 0.231 e. The van der Waals surface area contributed by atoms with Crippen LogP contribution in [0.1, 0.15) is 39.7 Å². The van der Waals surface area contributed by atoms with Gasteiger partial charge < -0.3 is 4.74 Å². The number of hydrogen-bond acceptors (Lipinski definition) is 5. The molecule has 1 atom stereocenters. The molecule has 4 aromatic rings. The topological polar surface area (TPSA) is 52.1 Å². The second kappa shape index (κ2) is 7.61. The van der Waals surface area contributed by atoms with E-state index < -0.39 is 0 Å². The summed E-state index contributed by atoms with van der Waals surface area (Å²) in [7, 11) is 0. The lowest BCUT2D eigenvalue weighted by Gasteiger charge is -2.18. The summed E-state index contributed by atoms with van der Waals surface area (Å²) in [6, 6.07) is 12.5. The van der Waals surface area contributed by atoms with Crippen LogP contribution >= 0.6 is 11.3 Å². The minimum atomic E-state index is -0.364. The summed E-state index contributed by atoms with van der Waals surface area (Å²) in [6.07, 6.45) is 4.80. The maximum atomic E-state index is 13.1. The van der Waals surface area contributed by atoms with Gasteiger partial charge in [0.1, 0.15) is 22.7 Å². The van der Waals surface area contributed by atoms with E-state index in [1.807, 2.05) is 0 Å². The van der Waals surface area contributed by atoms with Crippen LogP contribution < -0.4 is 4.74 Å². The predicted molar refractivity (Wildman–Crippen MR) is 115 cm³/mol. The SMILES string of the molecule is CC1CCc2c(sc3ncnc(Oc4ccc(C(=O)c5ccc(F)cc5)cc4)c23)C1. The fourth-order valence-electron chi connectivity index (χ4n) is 3.88. The Balaban J connectivity index is 1.42. The molecular weight excluding hydrogens is 399 g/mol. The van der Waals surface area contributed by atoms with Gasteiger partial charge in [0.05, 0.1) is 5.39 Å². The van der Waals surface area contributed by atoms with Crippen molar-refractivity contribution in [1.29, 1.82) is 0 Å². The Hall–Kier alpha value is -3.12. The number of benzene rings is 2. The first kappa shape index (κ1) is 18.9. The molecule has 0 spiro atoms. The van der Waals surface area contributed by atoms with Crippen LogP contribution in [-0.2, 0) is 12.8 Å². The van der Waals surface area contributed by atoms with Crippen molar-refractivity contribution >= 4 is 27.3 Å². The lowest BCUT2D eigenvalue weighted by molar-refractivity contribution is 0.103. The molecule has 0 amide bonds. The van der Waals surface area contributed by atoms with Crippen molar-refractivity contribution in [3.8, 4) is 11.6 Å². The molecule has 1 aliphatic rings. The Morgan fingerprint density at radius 2 is 1.77 bits per heavy atom. The smallest absolute Gasteiger partial charge is 0.231 e. The Morgan fingerprint density at radius 1 is 1.07 bits per heavy atom. The molecule has 4 nitrogen and oxygen atoms in total. The van der Waals surface area contributed by atoms with Crippen molar-refractivity contribution < 1.29 is 13.9 Å². The third-order valence-corrected chi connectivity index (χ3v) is 6.66. The molecular formula is C24H19FN2O2S. The molecule has 0 saturated heterocycles. The van der Waals surface area contributed by atoms with E-state index >= 15 is 0 Å². The highest BCUT2D eigenvalue weighted by Gasteiger charge is 2.24. The molecule has 2 aromatic heterocycles. The Bertz CT molecular complexity index is 1230. The van der Waals surface area contributed by atoms with Crippen LogP contribution in [0.2, 0.25) is 0 Å². The average molecular weight is 418 g/mol. The normalized spacial score (nSPS) is 15.7. The summed E-state index contributed by atoms with van der Waals surface area (Å²) < 4.78 is 19.2. The van der Waals surface area contributed by atoms with E-state index in [2.05, 4.69) is 16.9 Å². The van der Waals surface area contributed by atoms with E-state index in [9.17, 15) is 9.18 Å². The van der Waals surface area contributed by atoms with Gasteiger partial charge in [0, 0.05) is 16.0 Å². The summed E-state index contributed by atoms with van der Waals surface area (Å²) in [6.45, 7) is 2.28. The first-order chi connectivity index (χ1) is 14.6. The molecule has 5 rings (SSSR count). The molecule has 0 fully saturated rings. The van der Waals surface area contributed by atoms with Crippen molar-refractivity contribution in [3.05, 3.63) is 82.2 Å². The summed E-state index contributed by atoms with van der Waals surface area (Å²) in [5.41, 5.74) is 2.28. The molecule has 30 heavy (non-hydrogen) atoms. The highest BCUT2D eigenvalue weighted by atomic mass is 32.1. The molecule has 1 aliphatic carbocycles. The number of carbonyl (C=O) groups excluding carboxylic acids is 1. The van der Waals surface area contributed by atoms with Gasteiger partial charge in [-0.15, -0.1) is 11.3 Å². The highest BCUT2D eigenvalue weighted by molar-refractivity contribution is 7.18. The fourth-order valence-corrected chi connectivity index (χ4v) is 5.22. The van der Waals surface area contributed by atoms with E-state index in [0.717, 1.165) is 29.5 Å². The molecule has 0 bridgehead atoms. The molecule has 2 heterocycles. The third kappa shape index (κ3) is 3.48. The largest absolute Gasteiger partial charge is 0.438 e. The second-order valence-electron chi connectivity index (χ2n) is 7.67. The Labute approximate surface area is 177 Å². The summed E-state index contributed by atoms with van der Waals surface area (Å²) in [4.78, 5) is 23.7. The number of carbonyl (C=O) groups is 1. The van der Waals surface area contributed by atoms with Gasteiger partial charge in [0.2, 0.25) is 5.88 Å². The van der Waals surface area contributed by atoms with Crippen molar-refractivity contribution in [3.63, 3.8) is 0 Å². The zero-order valence-corrected chi connectivity index (χ0v) is 17.2. The van der Waals surface area contributed by atoms with E-state index in [4.69, 9.17) is 4.74 Å². The number of rotatable bonds is 4. The van der Waals surface area contributed by atoms with Gasteiger partial charge in [0.25, 0.3) is 0 Å². The van der Waals surface area contributed by atoms with Gasteiger partial charge in [-0.05, 0) is 79.3 Å². The number of fused-ring (bicyclic) bond motifs is 3. The van der Waals surface area contributed by atoms with Gasteiger partial charge in [-0.2, -0.15) is 0 Å². The van der Waals surface area contributed by atoms with Crippen LogP contribution in [0.4, 0.5) is 4.39 Å². The van der Waals surface area contributed by atoms with Crippen molar-refractivity contribution in [2.24, 2.45) is 5.92 Å². The number of ketones is 1. The van der Waals surface area contributed by atoms with Crippen molar-refractivity contribution in [1.82, 2.24) is 9.97 Å². The van der Waals surface area contributed by atoms with E-state index in [1.54, 1.807) is 35.6 Å². The minimum absolute atomic E-state index is 0.160.